The van der Waals surface area contributed by atoms with Crippen molar-refractivity contribution in [2.45, 2.75) is 53.2 Å². The van der Waals surface area contributed by atoms with Crippen LogP contribution in [0.15, 0.2) is 36.4 Å². The first-order valence-corrected chi connectivity index (χ1v) is 17.6. The smallest absolute Gasteiger partial charge is 0.308 e. The molecule has 50 heavy (non-hydrogen) atoms. The number of carbonyl (C=O) groups excluding carboxylic acids is 7. The van der Waals surface area contributed by atoms with Gasteiger partial charge >= 0.3 is 5.97 Å². The first kappa shape index (κ1) is 41.5. The van der Waals surface area contributed by atoms with Crippen LogP contribution in [0.1, 0.15) is 46.1 Å². The minimum absolute atomic E-state index is 0.0938. The molecular weight excluding hydrogens is 678 g/mol. The third-order valence-electron chi connectivity index (χ3n) is 7.47. The molecule has 0 spiro atoms. The number of esters is 1. The van der Waals surface area contributed by atoms with Crippen LogP contribution >= 0.6 is 0 Å². The van der Waals surface area contributed by atoms with Gasteiger partial charge in [0.05, 0.1) is 31.4 Å². The predicted molar refractivity (Wildman–Crippen MR) is 178 cm³/mol. The number of rotatable bonds is 21. The summed E-state index contributed by atoms with van der Waals surface area (Å²) in [6, 6.07) is 5.60. The van der Waals surface area contributed by atoms with Crippen molar-refractivity contribution in [1.82, 2.24) is 20.4 Å². The zero-order valence-corrected chi connectivity index (χ0v) is 29.3. The maximum atomic E-state index is 13.0. The van der Waals surface area contributed by atoms with Gasteiger partial charge in [-0.25, -0.2) is 0 Å². The van der Waals surface area contributed by atoms with Gasteiger partial charge in [-0.1, -0.05) is 39.8 Å². The number of hydrogen-bond donors (Lipinski definition) is 4. The fraction of sp³-hybridized carbons (Fsp3) is 0.531. The van der Waals surface area contributed by atoms with Gasteiger partial charge in [-0.15, -0.1) is 0 Å². The summed E-state index contributed by atoms with van der Waals surface area (Å²) in [5.74, 6) is -5.37. The van der Waals surface area contributed by atoms with Crippen LogP contribution in [-0.2, 0) is 59.8 Å². The molecule has 0 bridgehead atoms. The van der Waals surface area contributed by atoms with E-state index in [4.69, 9.17) is 14.0 Å². The monoisotopic (exact) mass is 723 g/mol. The molecule has 6 amide bonds. The Labute approximate surface area is 290 Å². The Balaban J connectivity index is 1.89. The largest absolute Gasteiger partial charge is 0.461 e. The first-order valence-electron chi connectivity index (χ1n) is 16.0. The Morgan fingerprint density at radius 1 is 0.940 bits per heavy atom. The Hall–Kier alpha value is -4.68. The number of anilines is 1. The Morgan fingerprint density at radius 2 is 1.58 bits per heavy atom. The van der Waals surface area contributed by atoms with Crippen LogP contribution in [-0.4, -0.2) is 115 Å². The Kier molecular flexibility index (Phi) is 16.7. The number of carbonyl (C=O) groups is 7. The lowest BCUT2D eigenvalue weighted by atomic mass is 10.0. The van der Waals surface area contributed by atoms with Gasteiger partial charge in [-0.2, -0.15) is 8.42 Å². The standard InChI is InChI=1S/C32H45N5O12S/c1-5-22(4)32(44)49-20-23-6-8-24(9-7-23)34-26(39)18-33-31(43)30(21(2)3)35-25(38)12-13-36(14-15-48-16-17-50(45,46)47)29(42)19-37-27(40)10-11-28(37)41/h6-11,21-22,30H,5,12-20H2,1-4H3,(H,33,43)(H,34,39)(H,35,38)(H,45,46,47). The predicted octanol–water partition coefficient (Wildman–Crippen LogP) is 0.0195. The van der Waals surface area contributed by atoms with Crippen molar-refractivity contribution < 1.29 is 56.0 Å². The summed E-state index contributed by atoms with van der Waals surface area (Å²) in [7, 11) is -4.26. The molecule has 4 N–H and O–H groups in total. The zero-order chi connectivity index (χ0) is 37.4. The fourth-order valence-electron chi connectivity index (χ4n) is 4.27. The van der Waals surface area contributed by atoms with Crippen LogP contribution in [0.25, 0.3) is 0 Å². The third kappa shape index (κ3) is 14.8. The second-order valence-corrected chi connectivity index (χ2v) is 13.4. The minimum atomic E-state index is -4.26. The number of nitrogens with one attached hydrogen (secondary N) is 3. The molecule has 0 fully saturated rings. The van der Waals surface area contributed by atoms with Crippen molar-refractivity contribution in [1.29, 1.82) is 0 Å². The Morgan fingerprint density at radius 3 is 2.16 bits per heavy atom. The van der Waals surface area contributed by atoms with E-state index >= 15 is 0 Å². The summed E-state index contributed by atoms with van der Waals surface area (Å²) in [4.78, 5) is 88.8. The lowest BCUT2D eigenvalue weighted by Gasteiger charge is -2.26. The van der Waals surface area contributed by atoms with E-state index in [1.165, 1.54) is 0 Å². The van der Waals surface area contributed by atoms with Crippen LogP contribution in [0.2, 0.25) is 0 Å². The maximum absolute atomic E-state index is 13.0. The van der Waals surface area contributed by atoms with E-state index in [0.29, 0.717) is 17.0 Å². The van der Waals surface area contributed by atoms with Gasteiger partial charge in [-0.3, -0.25) is 43.0 Å². The summed E-state index contributed by atoms with van der Waals surface area (Å²) in [5, 5.41) is 7.73. The first-order chi connectivity index (χ1) is 23.5. The SMILES string of the molecule is CCC(C)C(=O)OCc1ccc(NC(=O)CNC(=O)C(NC(=O)CCN(CCOCCS(=O)(=O)O)C(=O)CN2C(=O)C=CC2=O)C(C)C)cc1. The molecule has 17 nitrogen and oxygen atoms in total. The van der Waals surface area contributed by atoms with Crippen LogP contribution in [0, 0.1) is 11.8 Å². The van der Waals surface area contributed by atoms with Gasteiger partial charge in [-0.05, 0) is 30.0 Å². The van der Waals surface area contributed by atoms with Crippen molar-refractivity contribution in [3.8, 4) is 0 Å². The summed E-state index contributed by atoms with van der Waals surface area (Å²) in [6.45, 7) is 5.25. The number of ether oxygens (including phenoxy) is 2. The fourth-order valence-corrected chi connectivity index (χ4v) is 4.60. The highest BCUT2D eigenvalue weighted by Gasteiger charge is 2.29. The average Bonchev–Trinajstić information content (AvgIpc) is 3.37. The van der Waals surface area contributed by atoms with Crippen molar-refractivity contribution in [3.05, 3.63) is 42.0 Å². The van der Waals surface area contributed by atoms with E-state index in [-0.39, 0.29) is 51.2 Å². The molecule has 1 aliphatic heterocycles. The van der Waals surface area contributed by atoms with E-state index in [1.807, 2.05) is 6.92 Å². The van der Waals surface area contributed by atoms with E-state index in [2.05, 4.69) is 16.0 Å². The molecule has 276 valence electrons. The number of benzene rings is 1. The third-order valence-corrected chi connectivity index (χ3v) is 8.15. The molecule has 0 radical (unpaired) electrons. The molecule has 2 atom stereocenters. The zero-order valence-electron chi connectivity index (χ0n) is 28.5. The molecule has 1 heterocycles. The quantitative estimate of drug-likeness (QED) is 0.0569. The summed E-state index contributed by atoms with van der Waals surface area (Å²) in [6.07, 6.45) is 2.41. The van der Waals surface area contributed by atoms with Crippen molar-refractivity contribution in [2.24, 2.45) is 11.8 Å². The number of hydrogen-bond acceptors (Lipinski definition) is 11. The van der Waals surface area contributed by atoms with Gasteiger partial charge in [0, 0.05) is 37.3 Å². The van der Waals surface area contributed by atoms with Crippen molar-refractivity contribution >= 4 is 57.2 Å². The molecule has 1 aromatic rings. The van der Waals surface area contributed by atoms with E-state index in [0.717, 1.165) is 22.6 Å². The summed E-state index contributed by atoms with van der Waals surface area (Å²) >= 11 is 0. The molecule has 0 saturated heterocycles. The highest BCUT2D eigenvalue weighted by Crippen LogP contribution is 2.12. The van der Waals surface area contributed by atoms with Gasteiger partial charge in [0.15, 0.2) is 0 Å². The number of imide groups is 1. The van der Waals surface area contributed by atoms with Gasteiger partial charge in [0.25, 0.3) is 21.9 Å². The van der Waals surface area contributed by atoms with Gasteiger partial charge < -0.3 is 30.3 Å². The molecule has 2 unspecified atom stereocenters. The normalized spacial score (nSPS) is 13.9. The molecule has 18 heteroatoms. The van der Waals surface area contributed by atoms with Crippen LogP contribution in [0.4, 0.5) is 5.69 Å². The van der Waals surface area contributed by atoms with E-state index < -0.39 is 76.4 Å². The second-order valence-electron chi connectivity index (χ2n) is 11.8. The molecule has 0 aliphatic carbocycles. The molecule has 2 rings (SSSR count). The van der Waals surface area contributed by atoms with Crippen LogP contribution in [0.5, 0.6) is 0 Å². The van der Waals surface area contributed by atoms with Gasteiger partial charge in [0.1, 0.15) is 19.2 Å². The molecule has 0 saturated carbocycles. The highest BCUT2D eigenvalue weighted by molar-refractivity contribution is 7.85. The molecule has 1 aromatic carbocycles. The second kappa shape index (κ2) is 20.1. The summed E-state index contributed by atoms with van der Waals surface area (Å²) in [5.41, 5.74) is 1.18. The topological polar surface area (TPSA) is 235 Å². The van der Waals surface area contributed by atoms with Crippen LogP contribution < -0.4 is 16.0 Å². The lowest BCUT2D eigenvalue weighted by molar-refractivity contribution is -0.149. The van der Waals surface area contributed by atoms with E-state index in [9.17, 15) is 42.0 Å². The maximum Gasteiger partial charge on any atom is 0.308 e. The Bertz CT molecular complexity index is 1510. The summed E-state index contributed by atoms with van der Waals surface area (Å²) < 4.78 is 41.1. The number of amides is 6. The van der Waals surface area contributed by atoms with E-state index in [1.54, 1.807) is 45.0 Å². The highest BCUT2D eigenvalue weighted by atomic mass is 32.2. The van der Waals surface area contributed by atoms with Gasteiger partial charge in [0.2, 0.25) is 23.6 Å². The van der Waals surface area contributed by atoms with Crippen molar-refractivity contribution in [3.63, 3.8) is 0 Å². The molecule has 1 aliphatic rings. The minimum Gasteiger partial charge on any atom is -0.461 e. The van der Waals surface area contributed by atoms with Crippen LogP contribution in [0.3, 0.4) is 0 Å². The lowest BCUT2D eigenvalue weighted by Crippen LogP contribution is -2.51. The average molecular weight is 724 g/mol. The van der Waals surface area contributed by atoms with Crippen molar-refractivity contribution in [2.75, 3.05) is 50.5 Å². The molecule has 0 aromatic heterocycles. The number of nitrogens with zero attached hydrogens (tertiary/aromatic N) is 2. The molecular formula is C32H45N5O12S.